The number of benzene rings is 1. The Labute approximate surface area is 106 Å². The molecular formula is C15H17F3. The van der Waals surface area contributed by atoms with E-state index in [-0.39, 0.29) is 5.41 Å². The Hall–Kier alpha value is -1.25. The van der Waals surface area contributed by atoms with Crippen molar-refractivity contribution in [2.24, 2.45) is 0 Å². The van der Waals surface area contributed by atoms with Crippen LogP contribution in [0.1, 0.15) is 43.7 Å². The van der Waals surface area contributed by atoms with E-state index in [0.717, 1.165) is 31.2 Å². The highest BCUT2D eigenvalue weighted by Crippen LogP contribution is 2.36. The van der Waals surface area contributed by atoms with E-state index < -0.39 is 11.7 Å². The van der Waals surface area contributed by atoms with E-state index in [9.17, 15) is 13.2 Å². The van der Waals surface area contributed by atoms with Gasteiger partial charge in [0.15, 0.2) is 0 Å². The molecule has 0 saturated heterocycles. The molecule has 0 nitrogen and oxygen atoms in total. The molecule has 1 aliphatic rings. The van der Waals surface area contributed by atoms with E-state index in [2.05, 4.69) is 19.1 Å². The molecule has 0 aromatic heterocycles. The number of halogens is 3. The van der Waals surface area contributed by atoms with Gasteiger partial charge in [0.05, 0.1) is 5.56 Å². The Morgan fingerprint density at radius 1 is 1.06 bits per heavy atom. The van der Waals surface area contributed by atoms with Crippen LogP contribution in [0.3, 0.4) is 0 Å². The lowest BCUT2D eigenvalue weighted by Crippen LogP contribution is -2.18. The minimum absolute atomic E-state index is 0.124. The third kappa shape index (κ3) is 2.77. The van der Waals surface area contributed by atoms with Gasteiger partial charge in [-0.3, -0.25) is 0 Å². The normalized spacial score (nSPS) is 24.9. The van der Waals surface area contributed by atoms with Crippen molar-refractivity contribution >= 4 is 0 Å². The van der Waals surface area contributed by atoms with Crippen LogP contribution in [0, 0.1) is 0 Å². The van der Waals surface area contributed by atoms with Crippen LogP contribution in [0.2, 0.25) is 0 Å². The summed E-state index contributed by atoms with van der Waals surface area (Å²) < 4.78 is 37.5. The molecule has 0 aliphatic heterocycles. The van der Waals surface area contributed by atoms with E-state index in [4.69, 9.17) is 0 Å². The molecule has 0 spiro atoms. The molecule has 0 heterocycles. The van der Waals surface area contributed by atoms with Crippen LogP contribution in [0.15, 0.2) is 36.4 Å². The Morgan fingerprint density at radius 3 is 2.33 bits per heavy atom. The molecule has 0 radical (unpaired) electrons. The van der Waals surface area contributed by atoms with Gasteiger partial charge >= 0.3 is 6.18 Å². The highest BCUT2D eigenvalue weighted by Gasteiger charge is 2.31. The van der Waals surface area contributed by atoms with Crippen LogP contribution < -0.4 is 0 Å². The lowest BCUT2D eigenvalue weighted by atomic mass is 9.78. The van der Waals surface area contributed by atoms with Gasteiger partial charge in [-0.1, -0.05) is 37.6 Å². The molecular weight excluding hydrogens is 237 g/mol. The van der Waals surface area contributed by atoms with Crippen molar-refractivity contribution in [3.63, 3.8) is 0 Å². The topological polar surface area (TPSA) is 0 Å². The molecule has 1 atom stereocenters. The zero-order chi connectivity index (χ0) is 13.2. The molecule has 18 heavy (non-hydrogen) atoms. The molecule has 3 heteroatoms. The van der Waals surface area contributed by atoms with E-state index in [1.54, 1.807) is 12.1 Å². The highest BCUT2D eigenvalue weighted by molar-refractivity contribution is 5.34. The minimum atomic E-state index is -4.25. The summed E-state index contributed by atoms with van der Waals surface area (Å²) in [5.41, 5.74) is 0.266. The van der Waals surface area contributed by atoms with Crippen LogP contribution >= 0.6 is 0 Å². The lowest BCUT2D eigenvalue weighted by Gasteiger charge is -2.26. The van der Waals surface area contributed by atoms with Crippen molar-refractivity contribution < 1.29 is 13.2 Å². The fraction of sp³-hybridized carbons (Fsp3) is 0.467. The molecule has 0 N–H and O–H groups in total. The first-order valence-electron chi connectivity index (χ1n) is 6.27. The first kappa shape index (κ1) is 13.2. The van der Waals surface area contributed by atoms with Crippen LogP contribution in [0.5, 0.6) is 0 Å². The third-order valence-corrected chi connectivity index (χ3v) is 3.67. The average Bonchev–Trinajstić information content (AvgIpc) is 2.54. The van der Waals surface area contributed by atoms with Crippen LogP contribution in [0.25, 0.3) is 0 Å². The second-order valence-corrected chi connectivity index (χ2v) is 5.14. The van der Waals surface area contributed by atoms with Gasteiger partial charge in [-0.2, -0.15) is 13.2 Å². The maximum absolute atomic E-state index is 12.5. The minimum Gasteiger partial charge on any atom is -0.166 e. The van der Waals surface area contributed by atoms with Crippen molar-refractivity contribution in [3.8, 4) is 0 Å². The predicted molar refractivity (Wildman–Crippen MR) is 66.4 cm³/mol. The van der Waals surface area contributed by atoms with Gasteiger partial charge in [0, 0.05) is 5.41 Å². The Kier molecular flexibility index (Phi) is 3.51. The van der Waals surface area contributed by atoms with Crippen molar-refractivity contribution in [2.75, 3.05) is 0 Å². The summed E-state index contributed by atoms with van der Waals surface area (Å²) in [6.45, 7) is 2.09. The molecule has 0 fully saturated rings. The summed E-state index contributed by atoms with van der Waals surface area (Å²) in [4.78, 5) is 0. The Balaban J connectivity index is 2.28. The quantitative estimate of drug-likeness (QED) is 0.612. The van der Waals surface area contributed by atoms with Gasteiger partial charge in [0.25, 0.3) is 0 Å². The summed E-state index contributed by atoms with van der Waals surface area (Å²) in [7, 11) is 0. The van der Waals surface area contributed by atoms with Gasteiger partial charge in [0.1, 0.15) is 0 Å². The molecule has 2 rings (SSSR count). The molecule has 1 aliphatic carbocycles. The van der Waals surface area contributed by atoms with Gasteiger partial charge in [0.2, 0.25) is 0 Å². The van der Waals surface area contributed by atoms with Gasteiger partial charge < -0.3 is 0 Å². The molecule has 0 amide bonds. The molecule has 0 saturated carbocycles. The SMILES string of the molecule is C[C@]1(c2ccc(C(F)(F)F)cc2)C=CCCCC1. The summed E-state index contributed by atoms with van der Waals surface area (Å²) in [6.07, 6.45) is 4.37. The fourth-order valence-electron chi connectivity index (χ4n) is 2.46. The average molecular weight is 254 g/mol. The largest absolute Gasteiger partial charge is 0.416 e. The van der Waals surface area contributed by atoms with Crippen LogP contribution in [0.4, 0.5) is 13.2 Å². The zero-order valence-corrected chi connectivity index (χ0v) is 10.4. The first-order valence-corrected chi connectivity index (χ1v) is 6.27. The Morgan fingerprint density at radius 2 is 1.72 bits per heavy atom. The molecule has 1 aromatic rings. The second-order valence-electron chi connectivity index (χ2n) is 5.14. The number of allylic oxidation sites excluding steroid dienone is 2. The maximum Gasteiger partial charge on any atom is 0.416 e. The van der Waals surface area contributed by atoms with E-state index in [1.165, 1.54) is 12.1 Å². The summed E-state index contributed by atoms with van der Waals surface area (Å²) in [5, 5.41) is 0. The molecule has 98 valence electrons. The number of hydrogen-bond acceptors (Lipinski definition) is 0. The fourth-order valence-corrected chi connectivity index (χ4v) is 2.46. The van der Waals surface area contributed by atoms with Gasteiger partial charge in [-0.05, 0) is 37.0 Å². The number of hydrogen-bond donors (Lipinski definition) is 0. The zero-order valence-electron chi connectivity index (χ0n) is 10.4. The summed E-state index contributed by atoms with van der Waals surface area (Å²) in [6, 6.07) is 5.58. The van der Waals surface area contributed by atoms with Gasteiger partial charge in [-0.25, -0.2) is 0 Å². The van der Waals surface area contributed by atoms with E-state index >= 15 is 0 Å². The van der Waals surface area contributed by atoms with Crippen molar-refractivity contribution in [1.29, 1.82) is 0 Å². The van der Waals surface area contributed by atoms with Crippen molar-refractivity contribution in [3.05, 3.63) is 47.5 Å². The standard InChI is InChI=1S/C15H17F3/c1-14(10-4-2-3-5-11-14)12-6-8-13(9-7-12)15(16,17)18/h4,6-10H,2-3,5,11H2,1H3/t14-/m0/s1. The molecule has 1 aromatic carbocycles. The monoisotopic (exact) mass is 254 g/mol. The Bertz CT molecular complexity index is 428. The van der Waals surface area contributed by atoms with Gasteiger partial charge in [-0.15, -0.1) is 0 Å². The summed E-state index contributed by atoms with van der Waals surface area (Å²) in [5.74, 6) is 0. The summed E-state index contributed by atoms with van der Waals surface area (Å²) >= 11 is 0. The maximum atomic E-state index is 12.5. The number of alkyl halides is 3. The number of rotatable bonds is 1. The third-order valence-electron chi connectivity index (χ3n) is 3.67. The van der Waals surface area contributed by atoms with Crippen molar-refractivity contribution in [1.82, 2.24) is 0 Å². The first-order chi connectivity index (χ1) is 8.42. The van der Waals surface area contributed by atoms with E-state index in [1.807, 2.05) is 0 Å². The van der Waals surface area contributed by atoms with E-state index in [0.29, 0.717) is 0 Å². The molecule has 0 bridgehead atoms. The smallest absolute Gasteiger partial charge is 0.166 e. The molecule has 0 unspecified atom stereocenters. The highest BCUT2D eigenvalue weighted by atomic mass is 19.4. The van der Waals surface area contributed by atoms with Crippen molar-refractivity contribution in [2.45, 2.75) is 44.2 Å². The lowest BCUT2D eigenvalue weighted by molar-refractivity contribution is -0.137. The van der Waals surface area contributed by atoms with Crippen LogP contribution in [-0.2, 0) is 11.6 Å². The predicted octanol–water partition coefficient (Wildman–Crippen LogP) is 5.09. The second kappa shape index (κ2) is 4.79. The van der Waals surface area contributed by atoms with Crippen LogP contribution in [-0.4, -0.2) is 0 Å².